The van der Waals surface area contributed by atoms with Crippen LogP contribution < -0.4 is 10.1 Å². The highest BCUT2D eigenvalue weighted by Crippen LogP contribution is 2.35. The molecule has 1 saturated carbocycles. The van der Waals surface area contributed by atoms with E-state index in [0.717, 1.165) is 28.7 Å². The van der Waals surface area contributed by atoms with Crippen molar-refractivity contribution >= 4 is 40.1 Å². The molecule has 0 unspecified atom stereocenters. The number of rotatable bonds is 6. The topological polar surface area (TPSA) is 71.9 Å². The van der Waals surface area contributed by atoms with Crippen molar-refractivity contribution in [2.24, 2.45) is 0 Å². The molecule has 126 valence electrons. The quantitative estimate of drug-likeness (QED) is 0.567. The summed E-state index contributed by atoms with van der Waals surface area (Å²) in [5.41, 5.74) is 0.822. The van der Waals surface area contributed by atoms with E-state index < -0.39 is 0 Å². The highest BCUT2D eigenvalue weighted by molar-refractivity contribution is 9.10. The largest absolute Gasteiger partial charge is 0.496 e. The van der Waals surface area contributed by atoms with E-state index in [1.54, 1.807) is 13.2 Å². The Hall–Kier alpha value is -1.93. The van der Waals surface area contributed by atoms with Crippen molar-refractivity contribution in [2.45, 2.75) is 25.4 Å². The molecule has 1 fully saturated rings. The van der Waals surface area contributed by atoms with E-state index in [-0.39, 0.29) is 5.91 Å². The summed E-state index contributed by atoms with van der Waals surface area (Å²) in [5, 5.41) is 9.80. The number of ether oxygens (including phenoxy) is 1. The van der Waals surface area contributed by atoms with E-state index in [1.165, 1.54) is 6.08 Å². The van der Waals surface area contributed by atoms with Crippen molar-refractivity contribution in [1.82, 2.24) is 20.1 Å². The van der Waals surface area contributed by atoms with Crippen molar-refractivity contribution < 1.29 is 9.53 Å². The molecule has 2 N–H and O–H groups in total. The number of hydrogen-bond acceptors (Lipinski definition) is 4. The fourth-order valence-corrected chi connectivity index (χ4v) is 3.08. The summed E-state index contributed by atoms with van der Waals surface area (Å²) in [6.45, 7) is 0.336. The Morgan fingerprint density at radius 2 is 2.38 bits per heavy atom. The average molecular weight is 409 g/mol. The SMILES string of the molecule is COc1ccc(Br)cc1/C=C/C(=O)NCc1n[nH]c(=S)n1C1CC1. The van der Waals surface area contributed by atoms with Crippen LogP contribution in [0.5, 0.6) is 5.75 Å². The van der Waals surface area contributed by atoms with Crippen LogP contribution in [0.3, 0.4) is 0 Å². The van der Waals surface area contributed by atoms with E-state index >= 15 is 0 Å². The molecule has 0 atom stereocenters. The van der Waals surface area contributed by atoms with Gasteiger partial charge in [0.05, 0.1) is 13.7 Å². The molecule has 1 amide bonds. The lowest BCUT2D eigenvalue weighted by Gasteiger charge is -2.06. The van der Waals surface area contributed by atoms with Crippen LogP contribution in [-0.4, -0.2) is 27.8 Å². The highest BCUT2D eigenvalue weighted by atomic mass is 79.9. The number of aromatic amines is 1. The first kappa shape index (κ1) is 16.9. The van der Waals surface area contributed by atoms with Crippen LogP contribution >= 0.6 is 28.1 Å². The molecular formula is C16H17BrN4O2S. The molecular weight excluding hydrogens is 392 g/mol. The molecule has 3 rings (SSSR count). The van der Waals surface area contributed by atoms with Crippen LogP contribution in [-0.2, 0) is 11.3 Å². The van der Waals surface area contributed by atoms with Crippen LogP contribution in [0.2, 0.25) is 0 Å². The summed E-state index contributed by atoms with van der Waals surface area (Å²) in [6, 6.07) is 6.04. The second-order valence-electron chi connectivity index (χ2n) is 5.48. The second-order valence-corrected chi connectivity index (χ2v) is 6.79. The molecule has 24 heavy (non-hydrogen) atoms. The van der Waals surface area contributed by atoms with Crippen LogP contribution in [0.1, 0.15) is 30.3 Å². The standard InChI is InChI=1S/C16H17BrN4O2S/c1-23-13-6-3-11(17)8-10(13)2-7-15(22)18-9-14-19-20-16(24)21(14)12-4-5-12/h2-3,6-8,12H,4-5,9H2,1H3,(H,18,22)(H,20,24)/b7-2+. The third-order valence-corrected chi connectivity index (χ3v) is 4.50. The Kier molecular flexibility index (Phi) is 5.15. The lowest BCUT2D eigenvalue weighted by atomic mass is 10.2. The van der Waals surface area contributed by atoms with Gasteiger partial charge in [0.25, 0.3) is 0 Å². The van der Waals surface area contributed by atoms with Crippen LogP contribution in [0.25, 0.3) is 6.08 Å². The molecule has 6 nitrogen and oxygen atoms in total. The van der Waals surface area contributed by atoms with Crippen molar-refractivity contribution in [1.29, 1.82) is 0 Å². The minimum absolute atomic E-state index is 0.201. The summed E-state index contributed by atoms with van der Waals surface area (Å²) in [4.78, 5) is 12.1. The first-order valence-electron chi connectivity index (χ1n) is 7.53. The van der Waals surface area contributed by atoms with E-state index in [0.29, 0.717) is 23.1 Å². The smallest absolute Gasteiger partial charge is 0.244 e. The third kappa shape index (κ3) is 3.93. The number of nitrogens with one attached hydrogen (secondary N) is 2. The Labute approximate surface area is 153 Å². The number of carbonyl (C=O) groups excluding carboxylic acids is 1. The molecule has 0 radical (unpaired) electrons. The molecule has 0 saturated heterocycles. The Balaban J connectivity index is 1.64. The van der Waals surface area contributed by atoms with Gasteiger partial charge in [-0.1, -0.05) is 15.9 Å². The predicted molar refractivity (Wildman–Crippen MR) is 97.3 cm³/mol. The summed E-state index contributed by atoms with van der Waals surface area (Å²) in [5.74, 6) is 1.26. The molecule has 0 spiro atoms. The number of halogens is 1. The zero-order chi connectivity index (χ0) is 17.1. The highest BCUT2D eigenvalue weighted by Gasteiger charge is 2.27. The molecule has 1 aliphatic carbocycles. The summed E-state index contributed by atoms with van der Waals surface area (Å²) >= 11 is 8.63. The normalized spacial score (nSPS) is 14.1. The van der Waals surface area contributed by atoms with E-state index in [9.17, 15) is 4.79 Å². The van der Waals surface area contributed by atoms with Crippen LogP contribution in [0.15, 0.2) is 28.7 Å². The predicted octanol–water partition coefficient (Wildman–Crippen LogP) is 3.38. The third-order valence-electron chi connectivity index (χ3n) is 3.72. The molecule has 1 aliphatic rings. The van der Waals surface area contributed by atoms with E-state index in [1.807, 2.05) is 22.8 Å². The number of benzene rings is 1. The van der Waals surface area contributed by atoms with Gasteiger partial charge in [0.1, 0.15) is 5.75 Å². The summed E-state index contributed by atoms with van der Waals surface area (Å²) in [7, 11) is 1.60. The maximum atomic E-state index is 12.1. The number of hydrogen-bond donors (Lipinski definition) is 2. The summed E-state index contributed by atoms with van der Waals surface area (Å²) < 4.78 is 8.79. The Morgan fingerprint density at radius 3 is 3.08 bits per heavy atom. The van der Waals surface area contributed by atoms with Gasteiger partial charge in [0.15, 0.2) is 10.6 Å². The van der Waals surface area contributed by atoms with Gasteiger partial charge in [-0.25, -0.2) is 0 Å². The van der Waals surface area contributed by atoms with Gasteiger partial charge < -0.3 is 10.1 Å². The number of carbonyl (C=O) groups is 1. The summed E-state index contributed by atoms with van der Waals surface area (Å²) in [6.07, 6.45) is 5.42. The molecule has 1 aromatic carbocycles. The van der Waals surface area contributed by atoms with Gasteiger partial charge in [-0.15, -0.1) is 0 Å². The van der Waals surface area contributed by atoms with Gasteiger partial charge in [0.2, 0.25) is 5.91 Å². The monoisotopic (exact) mass is 408 g/mol. The lowest BCUT2D eigenvalue weighted by Crippen LogP contribution is -2.22. The van der Waals surface area contributed by atoms with Gasteiger partial charge in [-0.3, -0.25) is 14.5 Å². The van der Waals surface area contributed by atoms with Gasteiger partial charge in [-0.05, 0) is 49.3 Å². The number of methoxy groups -OCH3 is 1. The Morgan fingerprint density at radius 1 is 1.58 bits per heavy atom. The van der Waals surface area contributed by atoms with Crippen molar-refractivity contribution in [3.63, 3.8) is 0 Å². The maximum absolute atomic E-state index is 12.1. The van der Waals surface area contributed by atoms with Crippen molar-refractivity contribution in [2.75, 3.05) is 7.11 Å². The lowest BCUT2D eigenvalue weighted by molar-refractivity contribution is -0.116. The first-order chi connectivity index (χ1) is 11.6. The molecule has 0 aliphatic heterocycles. The van der Waals surface area contributed by atoms with Crippen LogP contribution in [0, 0.1) is 4.77 Å². The van der Waals surface area contributed by atoms with Crippen molar-refractivity contribution in [3.05, 3.63) is 44.9 Å². The fraction of sp³-hybridized carbons (Fsp3) is 0.312. The number of H-pyrrole nitrogens is 1. The van der Waals surface area contributed by atoms with Gasteiger partial charge >= 0.3 is 0 Å². The zero-order valence-corrected chi connectivity index (χ0v) is 15.5. The number of aromatic nitrogens is 3. The molecule has 0 bridgehead atoms. The maximum Gasteiger partial charge on any atom is 0.244 e. The van der Waals surface area contributed by atoms with Gasteiger partial charge in [-0.2, -0.15) is 5.10 Å². The number of nitrogens with zero attached hydrogens (tertiary/aromatic N) is 2. The second kappa shape index (κ2) is 7.31. The minimum Gasteiger partial charge on any atom is -0.496 e. The Bertz CT molecular complexity index is 839. The van der Waals surface area contributed by atoms with E-state index in [2.05, 4.69) is 31.4 Å². The minimum atomic E-state index is -0.201. The van der Waals surface area contributed by atoms with Crippen LogP contribution in [0.4, 0.5) is 0 Å². The molecule has 2 aromatic rings. The molecule has 1 aromatic heterocycles. The zero-order valence-electron chi connectivity index (χ0n) is 13.1. The first-order valence-corrected chi connectivity index (χ1v) is 8.74. The molecule has 8 heteroatoms. The number of amides is 1. The van der Waals surface area contributed by atoms with Crippen molar-refractivity contribution in [3.8, 4) is 5.75 Å². The fourth-order valence-electron chi connectivity index (χ4n) is 2.40. The molecule has 1 heterocycles. The van der Waals surface area contributed by atoms with E-state index in [4.69, 9.17) is 17.0 Å². The average Bonchev–Trinajstić information content (AvgIpc) is 3.34. The van der Waals surface area contributed by atoms with Gasteiger partial charge in [0, 0.05) is 22.2 Å².